The fourth-order valence-corrected chi connectivity index (χ4v) is 6.77. The van der Waals surface area contributed by atoms with Crippen LogP contribution in [-0.2, 0) is 15.2 Å². The van der Waals surface area contributed by atoms with Crippen molar-refractivity contribution < 1.29 is 17.9 Å². The van der Waals surface area contributed by atoms with Crippen molar-refractivity contribution in [2.75, 3.05) is 11.8 Å². The first-order valence-electron chi connectivity index (χ1n) is 11.1. The van der Waals surface area contributed by atoms with Crippen LogP contribution in [-0.4, -0.2) is 31.3 Å². The number of aryl methyl sites for hydroxylation is 2. The molecule has 0 saturated heterocycles. The molecular weight excluding hydrogens is 521 g/mol. The van der Waals surface area contributed by atoms with Crippen molar-refractivity contribution in [1.82, 2.24) is 0 Å². The van der Waals surface area contributed by atoms with Gasteiger partial charge in [0.2, 0.25) is 0 Å². The number of nitrogens with one attached hydrogen (secondary N) is 1. The van der Waals surface area contributed by atoms with Crippen LogP contribution in [0.2, 0.25) is 0 Å². The molecule has 0 aliphatic heterocycles. The summed E-state index contributed by atoms with van der Waals surface area (Å²) in [4.78, 5) is 0.227. The van der Waals surface area contributed by atoms with Crippen LogP contribution in [0.5, 0.6) is 17.2 Å². The summed E-state index contributed by atoms with van der Waals surface area (Å²) in [5.74, 6) is 1.93. The molecule has 0 saturated carbocycles. The molecule has 0 atom stereocenters. The zero-order valence-corrected chi connectivity index (χ0v) is 22.5. The SMILES string of the molecule is COc1ccc(Oc2ccc([As]Cc3ccc(C)cc3)c(NS(=O)(=O)c3ccc(C)cc3)c2)cc1. The van der Waals surface area contributed by atoms with E-state index in [4.69, 9.17) is 9.47 Å². The van der Waals surface area contributed by atoms with Crippen LogP contribution in [0.3, 0.4) is 0 Å². The second-order valence-electron chi connectivity index (χ2n) is 8.18. The first kappa shape index (κ1) is 24.9. The number of benzene rings is 4. The van der Waals surface area contributed by atoms with Crippen LogP contribution >= 0.6 is 0 Å². The minimum atomic E-state index is -3.75. The van der Waals surface area contributed by atoms with E-state index in [1.165, 1.54) is 11.1 Å². The third kappa shape index (κ3) is 6.68. The second kappa shape index (κ2) is 11.0. The van der Waals surface area contributed by atoms with Crippen LogP contribution in [0.4, 0.5) is 5.69 Å². The van der Waals surface area contributed by atoms with E-state index in [1.807, 2.05) is 43.3 Å². The van der Waals surface area contributed by atoms with E-state index in [0.717, 1.165) is 20.9 Å². The van der Waals surface area contributed by atoms with Gasteiger partial charge in [-0.25, -0.2) is 0 Å². The topological polar surface area (TPSA) is 64.6 Å². The van der Waals surface area contributed by atoms with E-state index < -0.39 is 10.0 Å². The van der Waals surface area contributed by atoms with Gasteiger partial charge in [0.05, 0.1) is 0 Å². The van der Waals surface area contributed by atoms with Crippen molar-refractivity contribution in [3.63, 3.8) is 0 Å². The molecule has 7 heteroatoms. The van der Waals surface area contributed by atoms with Crippen LogP contribution < -0.4 is 18.5 Å². The number of anilines is 1. The molecule has 4 rings (SSSR count). The van der Waals surface area contributed by atoms with Gasteiger partial charge in [0, 0.05) is 0 Å². The normalized spacial score (nSPS) is 11.5. The molecule has 0 aliphatic rings. The Bertz CT molecular complexity index is 1380. The summed E-state index contributed by atoms with van der Waals surface area (Å²) in [6.07, 6.45) is 0. The average molecular weight is 549 g/mol. The Morgan fingerprint density at radius 3 is 1.94 bits per heavy atom. The zero-order chi connectivity index (χ0) is 24.8. The first-order chi connectivity index (χ1) is 16.8. The number of hydrogen-bond donors (Lipinski definition) is 1. The summed E-state index contributed by atoms with van der Waals surface area (Å²) in [5.41, 5.74) is 4.00. The molecular formula is C28H27AsNO4S. The molecule has 0 aliphatic carbocycles. The van der Waals surface area contributed by atoms with E-state index in [2.05, 4.69) is 35.9 Å². The summed E-state index contributed by atoms with van der Waals surface area (Å²) in [6, 6.07) is 28.1. The summed E-state index contributed by atoms with van der Waals surface area (Å²) in [5, 5.41) is 0.884. The molecule has 5 nitrogen and oxygen atoms in total. The molecule has 0 aromatic heterocycles. The van der Waals surface area contributed by atoms with Gasteiger partial charge in [-0.1, -0.05) is 0 Å². The van der Waals surface area contributed by atoms with Crippen molar-refractivity contribution in [3.05, 3.63) is 108 Å². The van der Waals surface area contributed by atoms with Gasteiger partial charge in [-0.2, -0.15) is 0 Å². The van der Waals surface area contributed by atoms with Gasteiger partial charge in [-0.3, -0.25) is 0 Å². The van der Waals surface area contributed by atoms with Crippen LogP contribution in [0.1, 0.15) is 16.7 Å². The molecule has 179 valence electrons. The third-order valence-corrected chi connectivity index (χ3v) is 9.40. The Kier molecular flexibility index (Phi) is 7.84. The molecule has 0 bridgehead atoms. The molecule has 0 fully saturated rings. The second-order valence-corrected chi connectivity index (χ2v) is 12.2. The molecule has 0 spiro atoms. The van der Waals surface area contributed by atoms with Gasteiger partial charge in [-0.15, -0.1) is 0 Å². The number of ether oxygens (including phenoxy) is 2. The number of rotatable bonds is 9. The van der Waals surface area contributed by atoms with Crippen molar-refractivity contribution >= 4 is 35.8 Å². The van der Waals surface area contributed by atoms with Crippen LogP contribution in [0.25, 0.3) is 0 Å². The molecule has 0 amide bonds. The molecule has 1 radical (unpaired) electrons. The van der Waals surface area contributed by atoms with E-state index in [9.17, 15) is 8.42 Å². The fourth-order valence-electron chi connectivity index (χ4n) is 3.37. The molecule has 0 heterocycles. The summed E-state index contributed by atoms with van der Waals surface area (Å²) < 4.78 is 41.3. The standard InChI is InChI=1S/C28H27AsNO4S/c1-20-4-8-22(9-5-20)19-29-27-17-14-25(34-24-12-10-23(33-3)11-13-24)18-28(27)30-35(31,32)26-15-6-21(2)7-16-26/h4-18,30H,19H2,1-3H3. The van der Waals surface area contributed by atoms with E-state index in [1.54, 1.807) is 37.4 Å². The van der Waals surface area contributed by atoms with E-state index >= 15 is 0 Å². The Morgan fingerprint density at radius 2 is 1.31 bits per heavy atom. The molecule has 4 aromatic rings. The van der Waals surface area contributed by atoms with Gasteiger partial charge in [0.25, 0.3) is 0 Å². The monoisotopic (exact) mass is 548 g/mol. The van der Waals surface area contributed by atoms with Crippen molar-refractivity contribution in [2.45, 2.75) is 24.0 Å². The van der Waals surface area contributed by atoms with Crippen LogP contribution in [0, 0.1) is 13.8 Å². The maximum absolute atomic E-state index is 13.2. The predicted molar refractivity (Wildman–Crippen MR) is 142 cm³/mol. The van der Waals surface area contributed by atoms with Gasteiger partial charge >= 0.3 is 214 Å². The minimum absolute atomic E-state index is 0.227. The van der Waals surface area contributed by atoms with Gasteiger partial charge in [0.15, 0.2) is 0 Å². The van der Waals surface area contributed by atoms with Gasteiger partial charge in [0.1, 0.15) is 0 Å². The van der Waals surface area contributed by atoms with E-state index in [0.29, 0.717) is 17.2 Å². The van der Waals surface area contributed by atoms with Crippen LogP contribution in [0.15, 0.2) is 95.9 Å². The molecule has 4 aromatic carbocycles. The quantitative estimate of drug-likeness (QED) is 0.283. The molecule has 0 unspecified atom stereocenters. The number of hydrogen-bond acceptors (Lipinski definition) is 4. The molecule has 1 N–H and O–H groups in total. The maximum atomic E-state index is 13.2. The summed E-state index contributed by atoms with van der Waals surface area (Å²) in [6.45, 7) is 3.99. The van der Waals surface area contributed by atoms with Crippen molar-refractivity contribution in [1.29, 1.82) is 0 Å². The van der Waals surface area contributed by atoms with Crippen molar-refractivity contribution in [3.8, 4) is 17.2 Å². The first-order valence-corrected chi connectivity index (χ1v) is 14.9. The third-order valence-electron chi connectivity index (χ3n) is 5.39. The van der Waals surface area contributed by atoms with E-state index in [-0.39, 0.29) is 20.6 Å². The van der Waals surface area contributed by atoms with Crippen molar-refractivity contribution in [2.24, 2.45) is 0 Å². The number of methoxy groups -OCH3 is 1. The Hall–Kier alpha value is -3.21. The predicted octanol–water partition coefficient (Wildman–Crippen LogP) is 5.43. The Labute approximate surface area is 213 Å². The number of sulfonamides is 1. The summed E-state index contributed by atoms with van der Waals surface area (Å²) in [7, 11) is -2.14. The molecule has 35 heavy (non-hydrogen) atoms. The zero-order valence-electron chi connectivity index (χ0n) is 19.9. The summed E-state index contributed by atoms with van der Waals surface area (Å²) >= 11 is -0.320. The average Bonchev–Trinajstić information content (AvgIpc) is 2.85. The Balaban J connectivity index is 1.62. The van der Waals surface area contributed by atoms with Gasteiger partial charge in [-0.05, 0) is 0 Å². The van der Waals surface area contributed by atoms with Gasteiger partial charge < -0.3 is 0 Å². The fraction of sp³-hybridized carbons (Fsp3) is 0.143. The Morgan fingerprint density at radius 1 is 0.743 bits per heavy atom.